The van der Waals surface area contributed by atoms with Crippen LogP contribution in [0.4, 0.5) is 0 Å². The number of aromatic nitrogens is 3. The summed E-state index contributed by atoms with van der Waals surface area (Å²) in [5.41, 5.74) is 5.60. The van der Waals surface area contributed by atoms with E-state index in [4.69, 9.17) is 0 Å². The molecule has 3 nitrogen and oxygen atoms in total. The molecule has 0 saturated heterocycles. The summed E-state index contributed by atoms with van der Waals surface area (Å²) < 4.78 is 2.95. The van der Waals surface area contributed by atoms with Crippen LogP contribution in [0.2, 0.25) is 0 Å². The summed E-state index contributed by atoms with van der Waals surface area (Å²) in [6, 6.07) is 12.3. The summed E-state index contributed by atoms with van der Waals surface area (Å²) >= 11 is 3.69. The van der Waals surface area contributed by atoms with Crippen molar-refractivity contribution in [3.63, 3.8) is 0 Å². The largest absolute Gasteiger partial charge is 0.213 e. The first-order chi connectivity index (χ1) is 9.84. The second-order valence-electron chi connectivity index (χ2n) is 4.91. The molecule has 0 bridgehead atoms. The fraction of sp³-hybridized carbons (Fsp3) is 0.125. The van der Waals surface area contributed by atoms with E-state index in [1.54, 1.807) is 0 Å². The molecule has 0 aliphatic heterocycles. The number of allylic oxidation sites excluding steroid dienone is 1. The van der Waals surface area contributed by atoms with E-state index in [0.29, 0.717) is 0 Å². The fourth-order valence-corrected chi connectivity index (χ4v) is 3.34. The first-order valence-corrected chi connectivity index (χ1v) is 7.42. The number of benzene rings is 2. The number of fused-ring (bicyclic) bond motifs is 2. The van der Waals surface area contributed by atoms with Gasteiger partial charge in [-0.25, -0.2) is 4.68 Å². The van der Waals surface area contributed by atoms with E-state index in [-0.39, 0.29) is 0 Å². The molecule has 1 aromatic heterocycles. The Balaban J connectivity index is 2.02. The molecule has 4 rings (SSSR count). The molecule has 4 heteroatoms. The maximum atomic E-state index is 4.33. The van der Waals surface area contributed by atoms with Crippen LogP contribution < -0.4 is 0 Å². The first-order valence-electron chi connectivity index (χ1n) is 6.63. The third-order valence-electron chi connectivity index (χ3n) is 3.67. The molecule has 0 saturated carbocycles. The van der Waals surface area contributed by atoms with Crippen molar-refractivity contribution >= 4 is 33.0 Å². The molecular weight excluding hydrogens is 314 g/mol. The Morgan fingerprint density at radius 3 is 2.85 bits per heavy atom. The quantitative estimate of drug-likeness (QED) is 0.673. The highest BCUT2D eigenvalue weighted by atomic mass is 79.9. The lowest BCUT2D eigenvalue weighted by molar-refractivity contribution is 0.823. The Morgan fingerprint density at radius 2 is 2.00 bits per heavy atom. The molecule has 1 aliphatic carbocycles. The minimum Gasteiger partial charge on any atom is -0.213 e. The lowest BCUT2D eigenvalue weighted by Crippen LogP contribution is -1.99. The van der Waals surface area contributed by atoms with Crippen LogP contribution in [0.15, 0.2) is 46.9 Å². The Labute approximate surface area is 125 Å². The molecule has 0 unspecified atom stereocenters. The van der Waals surface area contributed by atoms with Crippen molar-refractivity contribution in [2.45, 2.75) is 12.8 Å². The van der Waals surface area contributed by atoms with Gasteiger partial charge in [-0.2, -0.15) is 0 Å². The zero-order valence-electron chi connectivity index (χ0n) is 10.8. The SMILES string of the molecule is Brc1c2c(cc3c1nnn3-c1ccccc1)CCC=C2. The van der Waals surface area contributed by atoms with E-state index < -0.39 is 0 Å². The standard InChI is InChI=1S/C16H12BrN3/c17-15-13-9-5-4-6-11(13)10-14-16(15)18-19-20(14)12-7-2-1-3-8-12/h1-3,5,7-10H,4,6H2. The van der Waals surface area contributed by atoms with Crippen molar-refractivity contribution in [2.75, 3.05) is 0 Å². The number of hydrogen-bond acceptors (Lipinski definition) is 2. The average Bonchev–Trinajstić information content (AvgIpc) is 2.92. The number of nitrogens with zero attached hydrogens (tertiary/aromatic N) is 3. The van der Waals surface area contributed by atoms with Gasteiger partial charge in [-0.05, 0) is 58.1 Å². The van der Waals surface area contributed by atoms with Gasteiger partial charge in [-0.3, -0.25) is 0 Å². The van der Waals surface area contributed by atoms with Gasteiger partial charge in [-0.1, -0.05) is 35.6 Å². The minimum absolute atomic E-state index is 0.916. The Kier molecular flexibility index (Phi) is 2.70. The zero-order chi connectivity index (χ0) is 13.5. The highest BCUT2D eigenvalue weighted by molar-refractivity contribution is 9.10. The number of hydrogen-bond donors (Lipinski definition) is 0. The third kappa shape index (κ3) is 1.72. The number of halogens is 1. The van der Waals surface area contributed by atoms with E-state index in [9.17, 15) is 0 Å². The van der Waals surface area contributed by atoms with Gasteiger partial charge in [0.25, 0.3) is 0 Å². The van der Waals surface area contributed by atoms with Crippen molar-refractivity contribution in [1.29, 1.82) is 0 Å². The second kappa shape index (κ2) is 4.56. The Bertz CT molecular complexity index is 819. The molecule has 0 fully saturated rings. The van der Waals surface area contributed by atoms with Crippen LogP contribution in [0.25, 0.3) is 22.8 Å². The number of para-hydroxylation sites is 1. The van der Waals surface area contributed by atoms with Crippen LogP contribution in [-0.2, 0) is 6.42 Å². The fourth-order valence-electron chi connectivity index (χ4n) is 2.67. The average molecular weight is 326 g/mol. The van der Waals surface area contributed by atoms with Gasteiger partial charge in [0.1, 0.15) is 5.52 Å². The molecule has 1 aliphatic rings. The van der Waals surface area contributed by atoms with Crippen molar-refractivity contribution in [3.8, 4) is 5.69 Å². The van der Waals surface area contributed by atoms with Gasteiger partial charge < -0.3 is 0 Å². The molecule has 0 amide bonds. The van der Waals surface area contributed by atoms with E-state index in [1.165, 1.54) is 11.1 Å². The molecule has 1 heterocycles. The summed E-state index contributed by atoms with van der Waals surface area (Å²) in [5.74, 6) is 0. The molecule has 0 radical (unpaired) electrons. The van der Waals surface area contributed by atoms with E-state index in [2.05, 4.69) is 44.5 Å². The van der Waals surface area contributed by atoms with Crippen LogP contribution in [0.5, 0.6) is 0 Å². The zero-order valence-corrected chi connectivity index (χ0v) is 12.3. The maximum Gasteiger partial charge on any atom is 0.128 e. The van der Waals surface area contributed by atoms with Crippen LogP contribution in [0.3, 0.4) is 0 Å². The van der Waals surface area contributed by atoms with E-state index in [1.807, 2.05) is 35.0 Å². The van der Waals surface area contributed by atoms with Gasteiger partial charge in [-0.15, -0.1) is 5.10 Å². The Morgan fingerprint density at radius 1 is 1.15 bits per heavy atom. The van der Waals surface area contributed by atoms with Crippen molar-refractivity contribution in [1.82, 2.24) is 15.0 Å². The predicted molar refractivity (Wildman–Crippen MR) is 83.9 cm³/mol. The molecule has 0 spiro atoms. The van der Waals surface area contributed by atoms with Gasteiger partial charge in [0.2, 0.25) is 0 Å². The number of rotatable bonds is 1. The lowest BCUT2D eigenvalue weighted by Gasteiger charge is -2.13. The van der Waals surface area contributed by atoms with Crippen LogP contribution >= 0.6 is 15.9 Å². The summed E-state index contributed by atoms with van der Waals surface area (Å²) in [4.78, 5) is 0. The van der Waals surface area contributed by atoms with Gasteiger partial charge in [0, 0.05) is 0 Å². The highest BCUT2D eigenvalue weighted by Crippen LogP contribution is 2.33. The smallest absolute Gasteiger partial charge is 0.128 e. The van der Waals surface area contributed by atoms with Crippen LogP contribution in [0.1, 0.15) is 17.5 Å². The van der Waals surface area contributed by atoms with Crippen LogP contribution in [0, 0.1) is 0 Å². The van der Waals surface area contributed by atoms with Gasteiger partial charge in [0.05, 0.1) is 15.7 Å². The van der Waals surface area contributed by atoms with Crippen LogP contribution in [-0.4, -0.2) is 15.0 Å². The van der Waals surface area contributed by atoms with Crippen molar-refractivity contribution < 1.29 is 0 Å². The molecule has 20 heavy (non-hydrogen) atoms. The summed E-state index contributed by atoms with van der Waals surface area (Å²) in [7, 11) is 0. The second-order valence-corrected chi connectivity index (χ2v) is 5.70. The van der Waals surface area contributed by atoms with Gasteiger partial charge in [0.15, 0.2) is 0 Å². The first kappa shape index (κ1) is 11.9. The van der Waals surface area contributed by atoms with E-state index >= 15 is 0 Å². The Hall–Kier alpha value is -1.94. The van der Waals surface area contributed by atoms with Crippen molar-refractivity contribution in [3.05, 3.63) is 58.1 Å². The molecule has 0 N–H and O–H groups in total. The lowest BCUT2D eigenvalue weighted by atomic mass is 9.97. The molecule has 3 aromatic rings. The summed E-state index contributed by atoms with van der Waals surface area (Å²) in [5, 5.41) is 8.65. The summed E-state index contributed by atoms with van der Waals surface area (Å²) in [6.07, 6.45) is 6.54. The summed E-state index contributed by atoms with van der Waals surface area (Å²) in [6.45, 7) is 0. The minimum atomic E-state index is 0.916. The van der Waals surface area contributed by atoms with E-state index in [0.717, 1.165) is 34.0 Å². The number of aryl methyl sites for hydroxylation is 1. The third-order valence-corrected chi connectivity index (χ3v) is 4.47. The molecule has 98 valence electrons. The highest BCUT2D eigenvalue weighted by Gasteiger charge is 2.16. The topological polar surface area (TPSA) is 30.7 Å². The normalized spacial score (nSPS) is 13.7. The molecule has 0 atom stereocenters. The molecular formula is C16H12BrN3. The maximum absolute atomic E-state index is 4.33. The molecule has 2 aromatic carbocycles. The predicted octanol–water partition coefficient (Wildman–Crippen LogP) is 4.14. The monoisotopic (exact) mass is 325 g/mol. The van der Waals surface area contributed by atoms with Gasteiger partial charge >= 0.3 is 0 Å². The van der Waals surface area contributed by atoms with Crippen molar-refractivity contribution in [2.24, 2.45) is 0 Å².